The average Bonchev–Trinajstić information content (AvgIpc) is 3.03. The molecule has 7 nitrogen and oxygen atoms in total. The Morgan fingerprint density at radius 1 is 1.14 bits per heavy atom. The van der Waals surface area contributed by atoms with E-state index >= 15 is 0 Å². The predicted octanol–water partition coefficient (Wildman–Crippen LogP) is 2.57. The third kappa shape index (κ3) is 5.36. The van der Waals surface area contributed by atoms with Crippen molar-refractivity contribution < 1.29 is 41.4 Å². The number of nitrogen functional groups attached to an aromatic ring is 1. The largest absolute Gasteiger partial charge is 0.491 e. The molecule has 0 radical (unpaired) electrons. The van der Waals surface area contributed by atoms with Gasteiger partial charge in [0, 0.05) is 10.4 Å². The lowest BCUT2D eigenvalue weighted by molar-refractivity contribution is -0.201. The Hall–Kier alpha value is -3.28. The number of hydrogen-bond donors (Lipinski definition) is 2. The maximum Gasteiger partial charge on any atom is 0.491 e. The number of rotatable bonds is 5. The van der Waals surface area contributed by atoms with Crippen molar-refractivity contribution in [2.45, 2.75) is 12.6 Å². The van der Waals surface area contributed by atoms with E-state index in [9.17, 15) is 31.9 Å². The van der Waals surface area contributed by atoms with Crippen LogP contribution in [0.4, 0.5) is 17.6 Å². The predicted molar refractivity (Wildman–Crippen MR) is 87.6 cm³/mol. The van der Waals surface area contributed by atoms with Crippen molar-refractivity contribution in [3.63, 3.8) is 0 Å². The molecule has 1 heterocycles. The van der Waals surface area contributed by atoms with Gasteiger partial charge in [-0.1, -0.05) is 0 Å². The Morgan fingerprint density at radius 2 is 1.82 bits per heavy atom. The Bertz CT molecular complexity index is 955. The van der Waals surface area contributed by atoms with Gasteiger partial charge in [-0.05, 0) is 30.3 Å². The molecular formula is C16H10F4N2O5S. The highest BCUT2D eigenvalue weighted by Crippen LogP contribution is 2.23. The quantitative estimate of drug-likeness (QED) is 0.192. The van der Waals surface area contributed by atoms with Gasteiger partial charge in [0.05, 0.1) is 6.42 Å². The minimum Gasteiger partial charge on any atom is -0.419 e. The van der Waals surface area contributed by atoms with Gasteiger partial charge in [0.15, 0.2) is 11.6 Å². The molecule has 0 spiro atoms. The molecule has 0 atom stereocenters. The first-order valence-electron chi connectivity index (χ1n) is 7.24. The number of thiophene rings is 1. The number of esters is 3. The van der Waals surface area contributed by atoms with Gasteiger partial charge >= 0.3 is 24.1 Å². The summed E-state index contributed by atoms with van der Waals surface area (Å²) in [6, 6.07) is 5.72. The fraction of sp³-hybridized carbons (Fsp3) is 0.125. The van der Waals surface area contributed by atoms with Gasteiger partial charge in [-0.25, -0.2) is 14.0 Å². The van der Waals surface area contributed by atoms with E-state index in [0.717, 1.165) is 12.1 Å². The molecule has 3 N–H and O–H groups in total. The van der Waals surface area contributed by atoms with E-state index in [-0.39, 0.29) is 21.2 Å². The van der Waals surface area contributed by atoms with Crippen molar-refractivity contribution in [2.75, 3.05) is 0 Å². The van der Waals surface area contributed by atoms with Crippen LogP contribution >= 0.6 is 11.3 Å². The Balaban J connectivity index is 2.01. The first-order chi connectivity index (χ1) is 13.0. The monoisotopic (exact) mass is 418 g/mol. The highest BCUT2D eigenvalue weighted by Gasteiger charge is 2.42. The van der Waals surface area contributed by atoms with Crippen LogP contribution in [0.15, 0.2) is 30.3 Å². The molecule has 2 aromatic rings. The summed E-state index contributed by atoms with van der Waals surface area (Å²) < 4.78 is 58.5. The molecule has 0 aliphatic carbocycles. The molecule has 0 amide bonds. The number of nitrogens with one attached hydrogen (secondary N) is 1. The maximum absolute atomic E-state index is 13.9. The lowest BCUT2D eigenvalue weighted by atomic mass is 10.2. The number of carbonyl (C=O) groups is 3. The van der Waals surface area contributed by atoms with Crippen molar-refractivity contribution in [1.82, 2.24) is 0 Å². The maximum atomic E-state index is 13.9. The molecule has 0 unspecified atom stereocenters. The zero-order valence-corrected chi connectivity index (χ0v) is 14.4. The van der Waals surface area contributed by atoms with Crippen molar-refractivity contribution >= 4 is 35.1 Å². The highest BCUT2D eigenvalue weighted by atomic mass is 32.1. The fourth-order valence-electron chi connectivity index (χ4n) is 1.82. The summed E-state index contributed by atoms with van der Waals surface area (Å²) in [4.78, 5) is 34.0. The number of nitrogens with two attached hydrogens (primary N) is 1. The normalized spacial score (nSPS) is 11.0. The molecule has 1 aromatic carbocycles. The summed E-state index contributed by atoms with van der Waals surface area (Å²) in [5.74, 6) is -6.82. The third-order valence-corrected chi connectivity index (χ3v) is 4.13. The minimum absolute atomic E-state index is 0.0695. The molecule has 2 rings (SSSR count). The molecule has 1 aromatic heterocycles. The summed E-state index contributed by atoms with van der Waals surface area (Å²) in [7, 11) is 0. The summed E-state index contributed by atoms with van der Waals surface area (Å²) in [6.45, 7) is 0. The molecule has 148 valence electrons. The number of carbonyl (C=O) groups excluding carboxylic acids is 3. The Morgan fingerprint density at radius 3 is 2.39 bits per heavy atom. The van der Waals surface area contributed by atoms with Crippen LogP contribution in [0, 0.1) is 11.2 Å². The molecule has 0 saturated carbocycles. The third-order valence-electron chi connectivity index (χ3n) is 3.06. The second-order valence-corrected chi connectivity index (χ2v) is 6.32. The zero-order chi connectivity index (χ0) is 21.1. The van der Waals surface area contributed by atoms with E-state index in [1.807, 2.05) is 0 Å². The van der Waals surface area contributed by atoms with E-state index in [2.05, 4.69) is 4.74 Å². The molecule has 0 bridgehead atoms. The smallest absolute Gasteiger partial charge is 0.419 e. The topological polar surface area (TPSA) is 120 Å². The van der Waals surface area contributed by atoms with Crippen LogP contribution in [0.5, 0.6) is 5.75 Å². The van der Waals surface area contributed by atoms with Crippen LogP contribution in [0.25, 0.3) is 0 Å². The number of benzene rings is 1. The number of ether oxygens (including phenoxy) is 2. The molecule has 12 heteroatoms. The van der Waals surface area contributed by atoms with Crippen molar-refractivity contribution in [3.8, 4) is 5.75 Å². The van der Waals surface area contributed by atoms with Gasteiger partial charge < -0.3 is 15.2 Å². The van der Waals surface area contributed by atoms with Crippen LogP contribution in [-0.4, -0.2) is 29.9 Å². The number of alkyl halides is 3. The summed E-state index contributed by atoms with van der Waals surface area (Å²) >= 11 is 0.693. The van der Waals surface area contributed by atoms with Gasteiger partial charge in [0.25, 0.3) is 0 Å². The van der Waals surface area contributed by atoms with Crippen LogP contribution in [0.3, 0.4) is 0 Å². The number of amidine groups is 1. The lowest BCUT2D eigenvalue weighted by Gasteiger charge is -2.06. The molecule has 0 saturated heterocycles. The highest BCUT2D eigenvalue weighted by molar-refractivity contribution is 7.14. The summed E-state index contributed by atoms with van der Waals surface area (Å²) in [5.41, 5.74) is 5.30. The fourth-order valence-corrected chi connectivity index (χ4v) is 2.69. The van der Waals surface area contributed by atoms with Gasteiger partial charge in [-0.2, -0.15) is 13.2 Å². The Labute approximate surface area is 158 Å². The zero-order valence-electron chi connectivity index (χ0n) is 13.6. The molecule has 0 fully saturated rings. The van der Waals surface area contributed by atoms with Crippen molar-refractivity contribution in [3.05, 3.63) is 51.5 Å². The van der Waals surface area contributed by atoms with Crippen LogP contribution in [-0.2, 0) is 20.7 Å². The first kappa shape index (κ1) is 21.0. The molecule has 0 aliphatic rings. The second kappa shape index (κ2) is 8.17. The number of hydrogen-bond acceptors (Lipinski definition) is 7. The lowest BCUT2D eigenvalue weighted by Crippen LogP contribution is -2.28. The van der Waals surface area contributed by atoms with Crippen molar-refractivity contribution in [2.24, 2.45) is 5.73 Å². The van der Waals surface area contributed by atoms with Gasteiger partial charge in [-0.3, -0.25) is 10.2 Å². The summed E-state index contributed by atoms with van der Waals surface area (Å²) in [6.07, 6.45) is -5.98. The average molecular weight is 418 g/mol. The van der Waals surface area contributed by atoms with E-state index in [0.29, 0.717) is 11.3 Å². The van der Waals surface area contributed by atoms with Crippen LogP contribution < -0.4 is 10.5 Å². The van der Waals surface area contributed by atoms with Gasteiger partial charge in [0.2, 0.25) is 0 Å². The second-order valence-electron chi connectivity index (χ2n) is 5.15. The van der Waals surface area contributed by atoms with E-state index in [1.165, 1.54) is 18.2 Å². The van der Waals surface area contributed by atoms with Gasteiger partial charge in [-0.15, -0.1) is 11.3 Å². The van der Waals surface area contributed by atoms with E-state index < -0.39 is 42.1 Å². The van der Waals surface area contributed by atoms with E-state index in [1.54, 1.807) is 0 Å². The summed E-state index contributed by atoms with van der Waals surface area (Å²) in [5, 5.41) is 7.20. The minimum atomic E-state index is -5.30. The standard InChI is InChI=1S/C16H10F4N2O5S/c17-9-5-7(13(21)22)1-3-10(9)26-14(24)11-4-2-8(28-11)6-12(23)27-15(25)16(18,19)20/h1-5H,6H2,(H3,21,22). The number of halogens is 4. The molecule has 28 heavy (non-hydrogen) atoms. The van der Waals surface area contributed by atoms with Gasteiger partial charge in [0.1, 0.15) is 10.7 Å². The van der Waals surface area contributed by atoms with E-state index in [4.69, 9.17) is 15.9 Å². The van der Waals surface area contributed by atoms with Crippen LogP contribution in [0.2, 0.25) is 0 Å². The van der Waals surface area contributed by atoms with Crippen molar-refractivity contribution in [1.29, 1.82) is 5.41 Å². The first-order valence-corrected chi connectivity index (χ1v) is 8.05. The Kier molecular flexibility index (Phi) is 6.13. The van der Waals surface area contributed by atoms with Crippen LogP contribution in [0.1, 0.15) is 20.1 Å². The molecule has 0 aliphatic heterocycles. The molecular weight excluding hydrogens is 408 g/mol. The SMILES string of the molecule is N=C(N)c1ccc(OC(=O)c2ccc(CC(=O)OC(=O)C(F)(F)F)s2)c(F)c1.